The number of hydrogen-bond acceptors (Lipinski definition) is 4. The van der Waals surface area contributed by atoms with Crippen molar-refractivity contribution in [2.45, 2.75) is 25.3 Å². The lowest BCUT2D eigenvalue weighted by Gasteiger charge is -2.35. The highest BCUT2D eigenvalue weighted by Gasteiger charge is 2.21. The van der Waals surface area contributed by atoms with Crippen LogP contribution in [0.5, 0.6) is 11.5 Å². The third kappa shape index (κ3) is 4.12. The highest BCUT2D eigenvalue weighted by Crippen LogP contribution is 2.25. The van der Waals surface area contributed by atoms with Crippen LogP contribution in [0.2, 0.25) is 0 Å². The van der Waals surface area contributed by atoms with Crippen molar-refractivity contribution in [3.05, 3.63) is 24.3 Å². The van der Waals surface area contributed by atoms with Gasteiger partial charge in [-0.05, 0) is 38.6 Å². The summed E-state index contributed by atoms with van der Waals surface area (Å²) in [5.74, 6) is 1.63. The van der Waals surface area contributed by atoms with Gasteiger partial charge in [0.15, 0.2) is 11.5 Å². The number of piperidine rings is 1. The molecule has 0 aromatic heterocycles. The zero-order valence-electron chi connectivity index (χ0n) is 12.6. The van der Waals surface area contributed by atoms with E-state index in [1.165, 1.54) is 25.8 Å². The van der Waals surface area contributed by atoms with Crippen molar-refractivity contribution in [1.29, 1.82) is 0 Å². The normalized spacial score (nSPS) is 19.8. The Kier molecular flexibility index (Phi) is 6.15. The number of rotatable bonds is 7. The zero-order chi connectivity index (χ0) is 14.2. The maximum Gasteiger partial charge on any atom is 0.161 e. The molecule has 2 rings (SSSR count). The van der Waals surface area contributed by atoms with Gasteiger partial charge in [0.25, 0.3) is 0 Å². The van der Waals surface area contributed by atoms with Gasteiger partial charge >= 0.3 is 0 Å². The maximum atomic E-state index is 5.87. The maximum absolute atomic E-state index is 5.87. The van der Waals surface area contributed by atoms with Gasteiger partial charge in [0.1, 0.15) is 6.61 Å². The Morgan fingerprint density at radius 3 is 2.80 bits per heavy atom. The summed E-state index contributed by atoms with van der Waals surface area (Å²) < 4.78 is 11.2. The first-order valence-corrected chi connectivity index (χ1v) is 7.49. The van der Waals surface area contributed by atoms with Gasteiger partial charge in [0.2, 0.25) is 0 Å². The molecule has 0 saturated carbocycles. The molecule has 4 heteroatoms. The fourth-order valence-electron chi connectivity index (χ4n) is 2.83. The molecule has 1 aliphatic rings. The SMILES string of the molecule is CNCC1CCCCN1CCOc1ccccc1OC. The van der Waals surface area contributed by atoms with Crippen LogP contribution in [0.3, 0.4) is 0 Å². The van der Waals surface area contributed by atoms with Crippen molar-refractivity contribution >= 4 is 0 Å². The lowest BCUT2D eigenvalue weighted by atomic mass is 10.0. The number of benzene rings is 1. The minimum Gasteiger partial charge on any atom is -0.493 e. The topological polar surface area (TPSA) is 33.7 Å². The van der Waals surface area contributed by atoms with Crippen molar-refractivity contribution < 1.29 is 9.47 Å². The molecular weight excluding hydrogens is 252 g/mol. The fourth-order valence-corrected chi connectivity index (χ4v) is 2.83. The number of ether oxygens (including phenoxy) is 2. The predicted octanol–water partition coefficient (Wildman–Crippen LogP) is 2.15. The quantitative estimate of drug-likeness (QED) is 0.828. The van der Waals surface area contributed by atoms with Crippen LogP contribution in [0, 0.1) is 0 Å². The molecule has 1 aromatic rings. The fraction of sp³-hybridized carbons (Fsp3) is 0.625. The van der Waals surface area contributed by atoms with Gasteiger partial charge in [-0.3, -0.25) is 4.90 Å². The van der Waals surface area contributed by atoms with Crippen LogP contribution in [0.1, 0.15) is 19.3 Å². The monoisotopic (exact) mass is 278 g/mol. The van der Waals surface area contributed by atoms with Crippen LogP contribution in [-0.2, 0) is 0 Å². The van der Waals surface area contributed by atoms with Crippen LogP contribution >= 0.6 is 0 Å². The van der Waals surface area contributed by atoms with E-state index in [1.54, 1.807) is 7.11 Å². The van der Waals surface area contributed by atoms with Gasteiger partial charge in [-0.1, -0.05) is 18.6 Å². The van der Waals surface area contributed by atoms with Crippen LogP contribution in [0.25, 0.3) is 0 Å². The molecule has 1 saturated heterocycles. The molecule has 0 bridgehead atoms. The molecule has 1 fully saturated rings. The van der Waals surface area contributed by atoms with Crippen LogP contribution in [-0.4, -0.2) is 51.3 Å². The molecule has 0 spiro atoms. The second-order valence-electron chi connectivity index (χ2n) is 5.24. The summed E-state index contributed by atoms with van der Waals surface area (Å²) >= 11 is 0. The third-order valence-electron chi connectivity index (χ3n) is 3.89. The van der Waals surface area contributed by atoms with Crippen molar-refractivity contribution in [3.63, 3.8) is 0 Å². The van der Waals surface area contributed by atoms with Gasteiger partial charge in [-0.15, -0.1) is 0 Å². The first-order chi connectivity index (χ1) is 9.85. The van der Waals surface area contributed by atoms with Crippen LogP contribution < -0.4 is 14.8 Å². The second-order valence-corrected chi connectivity index (χ2v) is 5.24. The average molecular weight is 278 g/mol. The number of nitrogens with one attached hydrogen (secondary N) is 1. The van der Waals surface area contributed by atoms with E-state index in [1.807, 2.05) is 31.3 Å². The third-order valence-corrected chi connectivity index (χ3v) is 3.89. The molecule has 20 heavy (non-hydrogen) atoms. The summed E-state index contributed by atoms with van der Waals surface area (Å²) in [5, 5.41) is 3.29. The molecule has 0 aliphatic carbocycles. The van der Waals surface area contributed by atoms with Gasteiger partial charge in [-0.25, -0.2) is 0 Å². The summed E-state index contributed by atoms with van der Waals surface area (Å²) in [4.78, 5) is 2.54. The number of methoxy groups -OCH3 is 1. The summed E-state index contributed by atoms with van der Waals surface area (Å²) in [7, 11) is 3.70. The van der Waals surface area contributed by atoms with E-state index >= 15 is 0 Å². The average Bonchev–Trinajstić information content (AvgIpc) is 2.50. The molecule has 1 aromatic carbocycles. The number of likely N-dealkylation sites (tertiary alicyclic amines) is 1. The highest BCUT2D eigenvalue weighted by atomic mass is 16.5. The Bertz CT molecular complexity index is 396. The van der Waals surface area contributed by atoms with E-state index < -0.39 is 0 Å². The minimum atomic E-state index is 0.648. The summed E-state index contributed by atoms with van der Waals surface area (Å²) in [6.45, 7) is 3.93. The molecular formula is C16H26N2O2. The molecule has 1 heterocycles. The first kappa shape index (κ1) is 15.1. The molecule has 1 N–H and O–H groups in total. The molecule has 112 valence electrons. The Hall–Kier alpha value is -1.26. The Labute approximate surface area is 122 Å². The van der Waals surface area contributed by atoms with E-state index in [0.717, 1.165) is 24.6 Å². The van der Waals surface area contributed by atoms with Gasteiger partial charge in [0, 0.05) is 19.1 Å². The molecule has 4 nitrogen and oxygen atoms in total. The van der Waals surface area contributed by atoms with Crippen molar-refractivity contribution in [1.82, 2.24) is 10.2 Å². The molecule has 0 amide bonds. The van der Waals surface area contributed by atoms with Crippen molar-refractivity contribution in [2.24, 2.45) is 0 Å². The van der Waals surface area contributed by atoms with Crippen LogP contribution in [0.15, 0.2) is 24.3 Å². The molecule has 1 unspecified atom stereocenters. The summed E-state index contributed by atoms with van der Waals surface area (Å²) in [5.41, 5.74) is 0. The smallest absolute Gasteiger partial charge is 0.161 e. The second kappa shape index (κ2) is 8.12. The number of hydrogen-bond donors (Lipinski definition) is 1. The van der Waals surface area contributed by atoms with Crippen molar-refractivity contribution in [2.75, 3.05) is 40.4 Å². The molecule has 1 atom stereocenters. The lowest BCUT2D eigenvalue weighted by molar-refractivity contribution is 0.122. The Balaban J connectivity index is 1.82. The standard InChI is InChI=1S/C16H26N2O2/c1-17-13-14-7-5-6-10-18(14)11-12-20-16-9-4-3-8-15(16)19-2/h3-4,8-9,14,17H,5-7,10-13H2,1-2H3. The van der Waals surface area contributed by atoms with Gasteiger partial charge in [-0.2, -0.15) is 0 Å². The number of para-hydroxylation sites is 2. The van der Waals surface area contributed by atoms with Gasteiger partial charge < -0.3 is 14.8 Å². The van der Waals surface area contributed by atoms with E-state index in [-0.39, 0.29) is 0 Å². The van der Waals surface area contributed by atoms with E-state index in [0.29, 0.717) is 12.6 Å². The Morgan fingerprint density at radius 2 is 2.05 bits per heavy atom. The summed E-state index contributed by atoms with van der Waals surface area (Å²) in [6.07, 6.45) is 3.93. The summed E-state index contributed by atoms with van der Waals surface area (Å²) in [6, 6.07) is 8.47. The minimum absolute atomic E-state index is 0.648. The van der Waals surface area contributed by atoms with E-state index in [9.17, 15) is 0 Å². The molecule has 0 radical (unpaired) electrons. The first-order valence-electron chi connectivity index (χ1n) is 7.49. The highest BCUT2D eigenvalue weighted by molar-refractivity contribution is 5.39. The van der Waals surface area contributed by atoms with Crippen LogP contribution in [0.4, 0.5) is 0 Å². The van der Waals surface area contributed by atoms with E-state index in [2.05, 4.69) is 10.2 Å². The molecule has 1 aliphatic heterocycles. The van der Waals surface area contributed by atoms with Gasteiger partial charge in [0.05, 0.1) is 7.11 Å². The number of nitrogens with zero attached hydrogens (tertiary/aromatic N) is 1. The lowest BCUT2D eigenvalue weighted by Crippen LogP contribution is -2.46. The van der Waals surface area contributed by atoms with Crippen molar-refractivity contribution in [3.8, 4) is 11.5 Å². The zero-order valence-corrected chi connectivity index (χ0v) is 12.6. The predicted molar refractivity (Wildman–Crippen MR) is 81.6 cm³/mol. The van der Waals surface area contributed by atoms with E-state index in [4.69, 9.17) is 9.47 Å². The largest absolute Gasteiger partial charge is 0.493 e. The number of likely N-dealkylation sites (N-methyl/N-ethyl adjacent to an activating group) is 1. The Morgan fingerprint density at radius 1 is 1.25 bits per heavy atom.